The van der Waals surface area contributed by atoms with E-state index in [9.17, 15) is 4.79 Å². The lowest BCUT2D eigenvalue weighted by Crippen LogP contribution is -2.43. The van der Waals surface area contributed by atoms with Gasteiger partial charge in [0, 0.05) is 26.2 Å². The van der Waals surface area contributed by atoms with E-state index < -0.39 is 0 Å². The summed E-state index contributed by atoms with van der Waals surface area (Å²) in [6.45, 7) is 7.78. The van der Waals surface area contributed by atoms with Crippen LogP contribution in [0.25, 0.3) is 0 Å². The minimum atomic E-state index is 0.295. The molecular formula is C15H30N4O. The molecule has 0 aromatic rings. The maximum atomic E-state index is 12.3. The Morgan fingerprint density at radius 1 is 1.20 bits per heavy atom. The zero-order valence-electron chi connectivity index (χ0n) is 13.1. The molecule has 0 atom stereocenters. The van der Waals surface area contributed by atoms with Crippen molar-refractivity contribution >= 4 is 5.91 Å². The molecule has 116 valence electrons. The molecule has 1 N–H and O–H groups in total. The molecule has 2 aliphatic rings. The quantitative estimate of drug-likeness (QED) is 0.793. The smallest absolute Gasteiger partial charge is 0.236 e. The lowest BCUT2D eigenvalue weighted by Gasteiger charge is -2.32. The highest BCUT2D eigenvalue weighted by Gasteiger charge is 2.21. The van der Waals surface area contributed by atoms with Gasteiger partial charge in [0.2, 0.25) is 5.91 Å². The molecule has 0 aliphatic carbocycles. The zero-order valence-corrected chi connectivity index (χ0v) is 13.1. The number of nitrogens with zero attached hydrogens (tertiary/aromatic N) is 3. The van der Waals surface area contributed by atoms with Crippen LogP contribution in [0.4, 0.5) is 0 Å². The summed E-state index contributed by atoms with van der Waals surface area (Å²) in [5.41, 5.74) is 0. The predicted molar refractivity (Wildman–Crippen MR) is 81.8 cm³/mol. The van der Waals surface area contributed by atoms with E-state index in [-0.39, 0.29) is 0 Å². The van der Waals surface area contributed by atoms with Crippen LogP contribution in [0.15, 0.2) is 0 Å². The van der Waals surface area contributed by atoms with Gasteiger partial charge in [-0.15, -0.1) is 0 Å². The van der Waals surface area contributed by atoms with Crippen LogP contribution < -0.4 is 5.32 Å². The Bertz CT molecular complexity index is 294. The number of hydrogen-bond acceptors (Lipinski definition) is 4. The minimum absolute atomic E-state index is 0.295. The normalized spacial score (nSPS) is 23.1. The maximum Gasteiger partial charge on any atom is 0.236 e. The Morgan fingerprint density at radius 2 is 1.95 bits per heavy atom. The van der Waals surface area contributed by atoms with E-state index in [1.54, 1.807) is 0 Å². The monoisotopic (exact) mass is 282 g/mol. The third kappa shape index (κ3) is 5.04. The standard InChI is InChI=1S/C15H30N4O/c1-17-9-4-14(5-10-17)12-18(2)13-15(20)19-8-3-6-16-7-11-19/h14,16H,3-13H2,1-2H3. The third-order valence-electron chi connectivity index (χ3n) is 4.51. The fourth-order valence-corrected chi connectivity index (χ4v) is 3.18. The molecule has 0 spiro atoms. The van der Waals surface area contributed by atoms with Crippen molar-refractivity contribution in [2.24, 2.45) is 5.92 Å². The SMILES string of the molecule is CN1CCC(CN(C)CC(=O)N2CCCNCC2)CC1. The number of carbonyl (C=O) groups is 1. The molecule has 0 saturated carbocycles. The topological polar surface area (TPSA) is 38.8 Å². The summed E-state index contributed by atoms with van der Waals surface area (Å²) < 4.78 is 0. The van der Waals surface area contributed by atoms with Gasteiger partial charge >= 0.3 is 0 Å². The Balaban J connectivity index is 1.70. The number of likely N-dealkylation sites (N-methyl/N-ethyl adjacent to an activating group) is 1. The molecule has 2 saturated heterocycles. The third-order valence-corrected chi connectivity index (χ3v) is 4.51. The highest BCUT2D eigenvalue weighted by Crippen LogP contribution is 2.16. The number of hydrogen-bond donors (Lipinski definition) is 1. The van der Waals surface area contributed by atoms with E-state index in [2.05, 4.69) is 29.2 Å². The summed E-state index contributed by atoms with van der Waals surface area (Å²) >= 11 is 0. The molecule has 20 heavy (non-hydrogen) atoms. The summed E-state index contributed by atoms with van der Waals surface area (Å²) in [5, 5.41) is 3.34. The van der Waals surface area contributed by atoms with E-state index >= 15 is 0 Å². The summed E-state index contributed by atoms with van der Waals surface area (Å²) in [6.07, 6.45) is 3.61. The van der Waals surface area contributed by atoms with Crippen LogP contribution in [-0.4, -0.2) is 87.1 Å². The Kier molecular flexibility index (Phi) is 6.26. The number of rotatable bonds is 4. The molecule has 2 heterocycles. The molecule has 2 aliphatic heterocycles. The second kappa shape index (κ2) is 7.96. The van der Waals surface area contributed by atoms with Crippen LogP contribution >= 0.6 is 0 Å². The van der Waals surface area contributed by atoms with Gasteiger partial charge in [-0.25, -0.2) is 0 Å². The van der Waals surface area contributed by atoms with Crippen molar-refractivity contribution in [1.82, 2.24) is 20.0 Å². The van der Waals surface area contributed by atoms with Gasteiger partial charge in [-0.05, 0) is 58.9 Å². The van der Waals surface area contributed by atoms with Crippen LogP contribution in [-0.2, 0) is 4.79 Å². The fourth-order valence-electron chi connectivity index (χ4n) is 3.18. The van der Waals surface area contributed by atoms with Gasteiger partial charge in [-0.3, -0.25) is 9.69 Å². The highest BCUT2D eigenvalue weighted by atomic mass is 16.2. The van der Waals surface area contributed by atoms with Gasteiger partial charge in [0.05, 0.1) is 6.54 Å². The van der Waals surface area contributed by atoms with E-state index in [1.807, 2.05) is 4.90 Å². The van der Waals surface area contributed by atoms with Crippen molar-refractivity contribution in [3.63, 3.8) is 0 Å². The Morgan fingerprint density at radius 3 is 2.70 bits per heavy atom. The number of nitrogens with one attached hydrogen (secondary N) is 1. The zero-order chi connectivity index (χ0) is 14.4. The number of carbonyl (C=O) groups excluding carboxylic acids is 1. The molecule has 0 aromatic carbocycles. The van der Waals surface area contributed by atoms with Crippen molar-refractivity contribution < 1.29 is 4.79 Å². The molecule has 0 aromatic heterocycles. The first kappa shape index (κ1) is 15.7. The molecule has 1 amide bonds. The van der Waals surface area contributed by atoms with Gasteiger partial charge in [0.15, 0.2) is 0 Å². The average molecular weight is 282 g/mol. The van der Waals surface area contributed by atoms with Crippen molar-refractivity contribution in [1.29, 1.82) is 0 Å². The predicted octanol–water partition coefficient (Wildman–Crippen LogP) is 0.0819. The largest absolute Gasteiger partial charge is 0.340 e. The van der Waals surface area contributed by atoms with Crippen molar-refractivity contribution in [3.05, 3.63) is 0 Å². The van der Waals surface area contributed by atoms with E-state index in [0.717, 1.165) is 45.1 Å². The molecule has 2 fully saturated rings. The number of amides is 1. The van der Waals surface area contributed by atoms with Crippen LogP contribution in [0.1, 0.15) is 19.3 Å². The Hall–Kier alpha value is -0.650. The van der Waals surface area contributed by atoms with Crippen LogP contribution in [0.5, 0.6) is 0 Å². The van der Waals surface area contributed by atoms with Gasteiger partial charge in [0.25, 0.3) is 0 Å². The second-order valence-electron chi connectivity index (χ2n) is 6.43. The summed E-state index contributed by atoms with van der Waals surface area (Å²) in [4.78, 5) is 18.9. The second-order valence-corrected chi connectivity index (χ2v) is 6.43. The van der Waals surface area contributed by atoms with Gasteiger partial charge in [-0.2, -0.15) is 0 Å². The van der Waals surface area contributed by atoms with Gasteiger partial charge < -0.3 is 15.1 Å². The molecule has 0 bridgehead atoms. The molecule has 5 heteroatoms. The van der Waals surface area contributed by atoms with E-state index in [4.69, 9.17) is 0 Å². The van der Waals surface area contributed by atoms with Gasteiger partial charge in [-0.1, -0.05) is 0 Å². The van der Waals surface area contributed by atoms with Gasteiger partial charge in [0.1, 0.15) is 0 Å². The first-order chi connectivity index (χ1) is 9.65. The van der Waals surface area contributed by atoms with Crippen molar-refractivity contribution in [2.75, 3.05) is 66.5 Å². The van der Waals surface area contributed by atoms with Crippen LogP contribution in [0, 0.1) is 5.92 Å². The lowest BCUT2D eigenvalue weighted by molar-refractivity contribution is -0.132. The van der Waals surface area contributed by atoms with Crippen LogP contribution in [0.3, 0.4) is 0 Å². The van der Waals surface area contributed by atoms with E-state index in [0.29, 0.717) is 12.5 Å². The molecular weight excluding hydrogens is 252 g/mol. The Labute approximate surface area is 123 Å². The number of piperidine rings is 1. The minimum Gasteiger partial charge on any atom is -0.340 e. The fraction of sp³-hybridized carbons (Fsp3) is 0.933. The van der Waals surface area contributed by atoms with E-state index in [1.165, 1.54) is 25.9 Å². The average Bonchev–Trinajstić information content (AvgIpc) is 2.70. The lowest BCUT2D eigenvalue weighted by atomic mass is 9.97. The maximum absolute atomic E-state index is 12.3. The first-order valence-corrected chi connectivity index (χ1v) is 8.00. The van der Waals surface area contributed by atoms with Crippen molar-refractivity contribution in [2.45, 2.75) is 19.3 Å². The molecule has 0 radical (unpaired) electrons. The van der Waals surface area contributed by atoms with Crippen molar-refractivity contribution in [3.8, 4) is 0 Å². The molecule has 0 unspecified atom stereocenters. The number of likely N-dealkylation sites (tertiary alicyclic amines) is 1. The summed E-state index contributed by atoms with van der Waals surface area (Å²) in [7, 11) is 4.28. The summed E-state index contributed by atoms with van der Waals surface area (Å²) in [6, 6.07) is 0. The first-order valence-electron chi connectivity index (χ1n) is 8.00. The summed E-state index contributed by atoms with van der Waals surface area (Å²) in [5.74, 6) is 1.05. The highest BCUT2D eigenvalue weighted by molar-refractivity contribution is 5.78. The van der Waals surface area contributed by atoms with Crippen LogP contribution in [0.2, 0.25) is 0 Å². The molecule has 5 nitrogen and oxygen atoms in total. The molecule has 2 rings (SSSR count).